The number of hydrogen-bond donors (Lipinski definition) is 1. The van der Waals surface area contributed by atoms with Crippen molar-refractivity contribution in [2.75, 3.05) is 45.8 Å². The maximum absolute atomic E-state index is 12.5. The van der Waals surface area contributed by atoms with Crippen LogP contribution in [0.4, 0.5) is 0 Å². The predicted octanol–water partition coefficient (Wildman–Crippen LogP) is 1.54. The highest BCUT2D eigenvalue weighted by Crippen LogP contribution is 2.23. The lowest BCUT2D eigenvalue weighted by molar-refractivity contribution is -0.130. The van der Waals surface area contributed by atoms with Gasteiger partial charge in [-0.2, -0.15) is 4.98 Å². The Morgan fingerprint density at radius 1 is 1.09 bits per heavy atom. The maximum atomic E-state index is 12.5. The molecule has 2 aliphatic rings. The van der Waals surface area contributed by atoms with Gasteiger partial charge in [0, 0.05) is 57.8 Å². The Morgan fingerprint density at radius 3 is 2.44 bits per heavy atom. The van der Waals surface area contributed by atoms with E-state index in [4.69, 9.17) is 4.52 Å². The Hall–Kier alpha value is -2.78. The molecule has 1 atom stereocenters. The van der Waals surface area contributed by atoms with Gasteiger partial charge in [-0.25, -0.2) is 0 Å². The van der Waals surface area contributed by atoms with E-state index in [1.165, 1.54) is 0 Å². The van der Waals surface area contributed by atoms with Gasteiger partial charge in [0.25, 0.3) is 0 Å². The first-order chi connectivity index (χ1) is 15.5. The zero-order valence-corrected chi connectivity index (χ0v) is 18.9. The lowest BCUT2D eigenvalue weighted by Crippen LogP contribution is -2.52. The Labute approximate surface area is 188 Å². The van der Waals surface area contributed by atoms with Crippen molar-refractivity contribution < 1.29 is 14.1 Å². The Balaban J connectivity index is 1.21. The second kappa shape index (κ2) is 10.2. The third kappa shape index (κ3) is 5.52. The summed E-state index contributed by atoms with van der Waals surface area (Å²) in [5, 5.41) is 7.27. The number of carbonyl (C=O) groups is 2. The number of benzene rings is 1. The normalized spacial score (nSPS) is 19.6. The van der Waals surface area contributed by atoms with Gasteiger partial charge in [-0.15, -0.1) is 0 Å². The SMILES string of the molecule is CC(=O)N1CCC(NC(=O)CN2CCN(C(C)c3nc(-c4ccccc4)no3)CC2)CC1. The second-order valence-corrected chi connectivity index (χ2v) is 8.66. The summed E-state index contributed by atoms with van der Waals surface area (Å²) in [6.45, 7) is 8.85. The fraction of sp³-hybridized carbons (Fsp3) is 0.565. The average molecular weight is 441 g/mol. The van der Waals surface area contributed by atoms with Crippen molar-refractivity contribution in [2.24, 2.45) is 0 Å². The van der Waals surface area contributed by atoms with Crippen molar-refractivity contribution in [1.82, 2.24) is 30.2 Å². The van der Waals surface area contributed by atoms with Gasteiger partial charge in [0.2, 0.25) is 23.5 Å². The molecule has 9 nitrogen and oxygen atoms in total. The standard InChI is InChI=1S/C23H32N6O3/c1-17(23-25-22(26-32-23)19-6-4-3-5-7-19)28-14-12-27(13-15-28)16-21(31)24-20-8-10-29(11-9-20)18(2)30/h3-7,17,20H,8-16H2,1-2H3,(H,24,31). The number of piperidine rings is 1. The predicted molar refractivity (Wildman–Crippen MR) is 120 cm³/mol. The van der Waals surface area contributed by atoms with Crippen molar-refractivity contribution in [3.8, 4) is 11.4 Å². The minimum Gasteiger partial charge on any atom is -0.352 e. The van der Waals surface area contributed by atoms with E-state index in [0.717, 1.165) is 57.7 Å². The molecule has 2 aliphatic heterocycles. The Morgan fingerprint density at radius 2 is 1.78 bits per heavy atom. The van der Waals surface area contributed by atoms with E-state index >= 15 is 0 Å². The molecule has 3 heterocycles. The molecule has 0 spiro atoms. The largest absolute Gasteiger partial charge is 0.352 e. The van der Waals surface area contributed by atoms with Gasteiger partial charge in [-0.1, -0.05) is 35.5 Å². The number of nitrogens with zero attached hydrogens (tertiary/aromatic N) is 5. The topological polar surface area (TPSA) is 94.8 Å². The van der Waals surface area contributed by atoms with Gasteiger partial charge in [-0.3, -0.25) is 19.4 Å². The van der Waals surface area contributed by atoms with Crippen molar-refractivity contribution in [3.05, 3.63) is 36.2 Å². The van der Waals surface area contributed by atoms with Crippen LogP contribution in [0, 0.1) is 0 Å². The zero-order chi connectivity index (χ0) is 22.5. The molecule has 2 amide bonds. The summed E-state index contributed by atoms with van der Waals surface area (Å²) in [6.07, 6.45) is 1.65. The van der Waals surface area contributed by atoms with Crippen molar-refractivity contribution in [3.63, 3.8) is 0 Å². The monoisotopic (exact) mass is 440 g/mol. The number of hydrogen-bond acceptors (Lipinski definition) is 7. The molecule has 2 saturated heterocycles. The van der Waals surface area contributed by atoms with Crippen LogP contribution in [0.15, 0.2) is 34.9 Å². The lowest BCUT2D eigenvalue weighted by Gasteiger charge is -2.37. The van der Waals surface area contributed by atoms with E-state index in [1.54, 1.807) is 6.92 Å². The molecular weight excluding hydrogens is 408 g/mol. The number of nitrogens with one attached hydrogen (secondary N) is 1. The molecule has 1 N–H and O–H groups in total. The molecule has 0 radical (unpaired) electrons. The second-order valence-electron chi connectivity index (χ2n) is 8.66. The molecule has 0 aliphatic carbocycles. The molecular formula is C23H32N6O3. The molecule has 1 aromatic heterocycles. The van der Waals surface area contributed by atoms with Crippen LogP contribution in [0.3, 0.4) is 0 Å². The van der Waals surface area contributed by atoms with Gasteiger partial charge >= 0.3 is 0 Å². The van der Waals surface area contributed by atoms with Gasteiger partial charge in [0.05, 0.1) is 12.6 Å². The number of piperazine rings is 1. The summed E-state index contributed by atoms with van der Waals surface area (Å²) in [6, 6.07) is 10.0. The van der Waals surface area contributed by atoms with E-state index in [2.05, 4.69) is 32.2 Å². The highest BCUT2D eigenvalue weighted by molar-refractivity contribution is 5.78. The molecule has 2 fully saturated rings. The summed E-state index contributed by atoms with van der Waals surface area (Å²) in [7, 11) is 0. The summed E-state index contributed by atoms with van der Waals surface area (Å²) in [5.41, 5.74) is 0.942. The Kier molecular flexibility index (Phi) is 7.16. The molecule has 1 unspecified atom stereocenters. The van der Waals surface area contributed by atoms with Crippen LogP contribution < -0.4 is 5.32 Å². The average Bonchev–Trinajstić information content (AvgIpc) is 3.30. The van der Waals surface area contributed by atoms with Crippen LogP contribution in [0.5, 0.6) is 0 Å². The van der Waals surface area contributed by atoms with Gasteiger partial charge < -0.3 is 14.7 Å². The highest BCUT2D eigenvalue weighted by atomic mass is 16.5. The van der Waals surface area contributed by atoms with Crippen LogP contribution in [-0.4, -0.2) is 88.5 Å². The van der Waals surface area contributed by atoms with E-state index in [0.29, 0.717) is 18.3 Å². The van der Waals surface area contributed by atoms with E-state index in [9.17, 15) is 9.59 Å². The number of amides is 2. The van der Waals surface area contributed by atoms with E-state index < -0.39 is 0 Å². The van der Waals surface area contributed by atoms with Crippen molar-refractivity contribution in [2.45, 2.75) is 38.8 Å². The first kappa shape index (κ1) is 22.4. The molecule has 0 bridgehead atoms. The number of rotatable bonds is 6. The zero-order valence-electron chi connectivity index (χ0n) is 18.9. The maximum Gasteiger partial charge on any atom is 0.244 e. The van der Waals surface area contributed by atoms with E-state index in [1.807, 2.05) is 35.2 Å². The van der Waals surface area contributed by atoms with Crippen LogP contribution >= 0.6 is 0 Å². The highest BCUT2D eigenvalue weighted by Gasteiger charge is 2.28. The Bertz CT molecular complexity index is 901. The van der Waals surface area contributed by atoms with Crippen molar-refractivity contribution in [1.29, 1.82) is 0 Å². The fourth-order valence-electron chi connectivity index (χ4n) is 4.39. The molecule has 9 heteroatoms. The number of aromatic nitrogens is 2. The summed E-state index contributed by atoms with van der Waals surface area (Å²) in [4.78, 5) is 34.9. The third-order valence-electron chi connectivity index (χ3n) is 6.46. The minimum absolute atomic E-state index is 0.0300. The van der Waals surface area contributed by atoms with Crippen LogP contribution in [-0.2, 0) is 9.59 Å². The molecule has 2 aromatic rings. The van der Waals surface area contributed by atoms with Gasteiger partial charge in [0.15, 0.2) is 0 Å². The molecule has 0 saturated carbocycles. The fourth-order valence-corrected chi connectivity index (χ4v) is 4.39. The van der Waals surface area contributed by atoms with Gasteiger partial charge in [-0.05, 0) is 19.8 Å². The molecule has 32 heavy (non-hydrogen) atoms. The number of carbonyl (C=O) groups excluding carboxylic acids is 2. The lowest BCUT2D eigenvalue weighted by atomic mass is 10.1. The summed E-state index contributed by atoms with van der Waals surface area (Å²) >= 11 is 0. The summed E-state index contributed by atoms with van der Waals surface area (Å²) in [5.74, 6) is 1.40. The minimum atomic E-state index is 0.0300. The molecule has 4 rings (SSSR count). The quantitative estimate of drug-likeness (QED) is 0.728. The number of likely N-dealkylation sites (tertiary alicyclic amines) is 1. The third-order valence-corrected chi connectivity index (χ3v) is 6.46. The molecule has 172 valence electrons. The summed E-state index contributed by atoms with van der Waals surface area (Å²) < 4.78 is 5.53. The van der Waals surface area contributed by atoms with Crippen LogP contribution in [0.25, 0.3) is 11.4 Å². The van der Waals surface area contributed by atoms with E-state index in [-0.39, 0.29) is 23.9 Å². The van der Waals surface area contributed by atoms with Gasteiger partial charge in [0.1, 0.15) is 0 Å². The first-order valence-electron chi connectivity index (χ1n) is 11.4. The molecule has 1 aromatic carbocycles. The van der Waals surface area contributed by atoms with Crippen LogP contribution in [0.2, 0.25) is 0 Å². The van der Waals surface area contributed by atoms with Crippen molar-refractivity contribution >= 4 is 11.8 Å². The first-order valence-corrected chi connectivity index (χ1v) is 11.4. The smallest absolute Gasteiger partial charge is 0.244 e. The van der Waals surface area contributed by atoms with Crippen LogP contribution in [0.1, 0.15) is 38.6 Å².